The van der Waals surface area contributed by atoms with E-state index in [0.717, 1.165) is 12.8 Å². The highest BCUT2D eigenvalue weighted by atomic mass is 16.4. The molecule has 0 aliphatic carbocycles. The average molecular weight is 227 g/mol. The highest BCUT2D eigenvalue weighted by Crippen LogP contribution is 2.24. The molecule has 0 aromatic carbocycles. The van der Waals surface area contributed by atoms with Gasteiger partial charge in [-0.1, -0.05) is 20.8 Å². The summed E-state index contributed by atoms with van der Waals surface area (Å²) in [5, 5.41) is 8.97. The summed E-state index contributed by atoms with van der Waals surface area (Å²) in [4.78, 5) is 24.3. The lowest BCUT2D eigenvalue weighted by molar-refractivity contribution is -0.148. The van der Waals surface area contributed by atoms with Gasteiger partial charge in [-0.05, 0) is 24.7 Å². The summed E-state index contributed by atoms with van der Waals surface area (Å²) in [6.07, 6.45) is 2.65. The van der Waals surface area contributed by atoms with Gasteiger partial charge in [-0.3, -0.25) is 4.79 Å². The van der Waals surface area contributed by atoms with Crippen molar-refractivity contribution in [2.75, 3.05) is 6.54 Å². The van der Waals surface area contributed by atoms with Crippen LogP contribution in [0.2, 0.25) is 0 Å². The van der Waals surface area contributed by atoms with Crippen molar-refractivity contribution < 1.29 is 14.7 Å². The molecule has 1 aliphatic heterocycles. The van der Waals surface area contributed by atoms with E-state index in [0.29, 0.717) is 19.4 Å². The zero-order valence-corrected chi connectivity index (χ0v) is 10.3. The molecular formula is C12H21NO3. The predicted molar refractivity (Wildman–Crippen MR) is 61.1 cm³/mol. The van der Waals surface area contributed by atoms with E-state index in [1.54, 1.807) is 0 Å². The lowest BCUT2D eigenvalue weighted by Gasteiger charge is -2.24. The second kappa shape index (κ2) is 4.85. The van der Waals surface area contributed by atoms with Crippen LogP contribution in [0.1, 0.15) is 46.5 Å². The first kappa shape index (κ1) is 13.0. The number of hydrogen-bond donors (Lipinski definition) is 1. The van der Waals surface area contributed by atoms with E-state index >= 15 is 0 Å². The maximum Gasteiger partial charge on any atom is 0.326 e. The molecule has 0 aromatic heterocycles. The van der Waals surface area contributed by atoms with Gasteiger partial charge in [-0.25, -0.2) is 4.79 Å². The Hall–Kier alpha value is -1.06. The normalized spacial score (nSPS) is 21.2. The molecule has 1 heterocycles. The molecule has 1 aliphatic rings. The van der Waals surface area contributed by atoms with Crippen molar-refractivity contribution in [1.82, 2.24) is 4.90 Å². The number of carbonyl (C=O) groups is 2. The van der Waals surface area contributed by atoms with Crippen molar-refractivity contribution >= 4 is 11.9 Å². The van der Waals surface area contributed by atoms with Gasteiger partial charge in [0.2, 0.25) is 5.91 Å². The predicted octanol–water partition coefficient (Wildman–Crippen LogP) is 1.89. The number of carboxylic acid groups (broad SMARTS) is 1. The van der Waals surface area contributed by atoms with Crippen LogP contribution in [0.25, 0.3) is 0 Å². The Morgan fingerprint density at radius 1 is 1.38 bits per heavy atom. The van der Waals surface area contributed by atoms with Crippen molar-refractivity contribution in [3.63, 3.8) is 0 Å². The fourth-order valence-electron chi connectivity index (χ4n) is 1.95. The topological polar surface area (TPSA) is 57.6 Å². The van der Waals surface area contributed by atoms with E-state index in [1.807, 2.05) is 0 Å². The molecule has 1 rings (SSSR count). The maximum absolute atomic E-state index is 11.9. The van der Waals surface area contributed by atoms with Gasteiger partial charge in [0.15, 0.2) is 0 Å². The molecule has 4 nitrogen and oxygen atoms in total. The standard InChI is InChI=1S/C12H21NO3/c1-12(2,3)7-6-10(14)13-8-4-5-9(13)11(15)16/h9H,4-8H2,1-3H3,(H,15,16)/t9-/m0/s1. The number of rotatable bonds is 3. The Labute approximate surface area is 96.6 Å². The van der Waals surface area contributed by atoms with Crippen LogP contribution >= 0.6 is 0 Å². The fourth-order valence-corrected chi connectivity index (χ4v) is 1.95. The number of likely N-dealkylation sites (tertiary alicyclic amines) is 1. The summed E-state index contributed by atoms with van der Waals surface area (Å²) in [6.45, 7) is 6.84. The van der Waals surface area contributed by atoms with E-state index in [-0.39, 0.29) is 11.3 Å². The first-order chi connectivity index (χ1) is 7.31. The average Bonchev–Trinajstić information content (AvgIpc) is 2.61. The lowest BCUT2D eigenvalue weighted by Crippen LogP contribution is -2.40. The zero-order valence-electron chi connectivity index (χ0n) is 10.3. The van der Waals surface area contributed by atoms with Crippen LogP contribution in [0.5, 0.6) is 0 Å². The molecule has 92 valence electrons. The molecule has 0 bridgehead atoms. The first-order valence-corrected chi connectivity index (χ1v) is 5.83. The molecule has 1 saturated heterocycles. The summed E-state index contributed by atoms with van der Waals surface area (Å²) in [6, 6.07) is -0.590. The fraction of sp³-hybridized carbons (Fsp3) is 0.833. The van der Waals surface area contributed by atoms with E-state index < -0.39 is 12.0 Å². The molecule has 1 fully saturated rings. The summed E-state index contributed by atoms with van der Waals surface area (Å²) in [7, 11) is 0. The molecule has 0 unspecified atom stereocenters. The van der Waals surface area contributed by atoms with Gasteiger partial charge in [-0.15, -0.1) is 0 Å². The Balaban J connectivity index is 2.50. The van der Waals surface area contributed by atoms with Gasteiger partial charge >= 0.3 is 5.97 Å². The quantitative estimate of drug-likeness (QED) is 0.801. The minimum atomic E-state index is -0.874. The molecule has 0 aromatic rings. The Kier molecular flexibility index (Phi) is 3.94. The molecule has 1 atom stereocenters. The highest BCUT2D eigenvalue weighted by molar-refractivity contribution is 5.84. The minimum Gasteiger partial charge on any atom is -0.480 e. The smallest absolute Gasteiger partial charge is 0.326 e. The van der Waals surface area contributed by atoms with Crippen molar-refractivity contribution in [3.8, 4) is 0 Å². The van der Waals surface area contributed by atoms with Crippen LogP contribution in [0.15, 0.2) is 0 Å². The monoisotopic (exact) mass is 227 g/mol. The van der Waals surface area contributed by atoms with Crippen LogP contribution in [0.3, 0.4) is 0 Å². The van der Waals surface area contributed by atoms with Crippen LogP contribution in [0, 0.1) is 5.41 Å². The van der Waals surface area contributed by atoms with Crippen LogP contribution in [0.4, 0.5) is 0 Å². The molecule has 16 heavy (non-hydrogen) atoms. The number of hydrogen-bond acceptors (Lipinski definition) is 2. The second-order valence-electron chi connectivity index (χ2n) is 5.64. The number of carboxylic acids is 1. The lowest BCUT2D eigenvalue weighted by atomic mass is 9.90. The molecule has 1 N–H and O–H groups in total. The molecular weight excluding hydrogens is 206 g/mol. The number of amides is 1. The summed E-state index contributed by atoms with van der Waals surface area (Å²) in [5.41, 5.74) is 0.119. The minimum absolute atomic E-state index is 0.0141. The van der Waals surface area contributed by atoms with Gasteiger partial charge < -0.3 is 10.0 Å². The maximum atomic E-state index is 11.9. The number of aliphatic carboxylic acids is 1. The van der Waals surface area contributed by atoms with Crippen molar-refractivity contribution in [2.24, 2.45) is 5.41 Å². The largest absolute Gasteiger partial charge is 0.480 e. The SMILES string of the molecule is CC(C)(C)CCC(=O)N1CCC[C@H]1C(=O)O. The van der Waals surface area contributed by atoms with Gasteiger partial charge in [-0.2, -0.15) is 0 Å². The number of nitrogens with zero attached hydrogens (tertiary/aromatic N) is 1. The van der Waals surface area contributed by atoms with E-state index in [9.17, 15) is 9.59 Å². The number of carbonyl (C=O) groups excluding carboxylic acids is 1. The molecule has 4 heteroatoms. The molecule has 0 spiro atoms. The molecule has 1 amide bonds. The summed E-state index contributed by atoms with van der Waals surface area (Å²) < 4.78 is 0. The molecule has 0 radical (unpaired) electrons. The summed E-state index contributed by atoms with van der Waals surface area (Å²) >= 11 is 0. The third-order valence-electron chi connectivity index (χ3n) is 2.95. The van der Waals surface area contributed by atoms with Gasteiger partial charge in [0.05, 0.1) is 0 Å². The Morgan fingerprint density at radius 2 is 2.00 bits per heavy atom. The van der Waals surface area contributed by atoms with Gasteiger partial charge in [0, 0.05) is 13.0 Å². The Morgan fingerprint density at radius 3 is 2.50 bits per heavy atom. The van der Waals surface area contributed by atoms with E-state index in [4.69, 9.17) is 5.11 Å². The third kappa shape index (κ3) is 3.51. The van der Waals surface area contributed by atoms with Crippen molar-refractivity contribution in [3.05, 3.63) is 0 Å². The van der Waals surface area contributed by atoms with E-state index in [2.05, 4.69) is 20.8 Å². The van der Waals surface area contributed by atoms with Crippen molar-refractivity contribution in [2.45, 2.75) is 52.5 Å². The van der Waals surface area contributed by atoms with Gasteiger partial charge in [0.25, 0.3) is 0 Å². The van der Waals surface area contributed by atoms with Gasteiger partial charge in [0.1, 0.15) is 6.04 Å². The van der Waals surface area contributed by atoms with E-state index in [1.165, 1.54) is 4.90 Å². The van der Waals surface area contributed by atoms with Crippen LogP contribution in [-0.4, -0.2) is 34.5 Å². The van der Waals surface area contributed by atoms with Crippen LogP contribution in [-0.2, 0) is 9.59 Å². The van der Waals surface area contributed by atoms with Crippen molar-refractivity contribution in [1.29, 1.82) is 0 Å². The summed E-state index contributed by atoms with van der Waals surface area (Å²) in [5.74, 6) is -0.888. The molecule has 0 saturated carbocycles. The Bertz CT molecular complexity index is 280. The second-order valence-corrected chi connectivity index (χ2v) is 5.64. The first-order valence-electron chi connectivity index (χ1n) is 5.83. The van der Waals surface area contributed by atoms with Crippen LogP contribution < -0.4 is 0 Å². The highest BCUT2D eigenvalue weighted by Gasteiger charge is 2.33. The third-order valence-corrected chi connectivity index (χ3v) is 2.95. The zero-order chi connectivity index (χ0) is 12.3.